The van der Waals surface area contributed by atoms with Gasteiger partial charge in [-0.1, -0.05) is 6.07 Å². The number of hydrogen-bond acceptors (Lipinski definition) is 5. The van der Waals surface area contributed by atoms with Crippen LogP contribution >= 0.6 is 11.3 Å². The van der Waals surface area contributed by atoms with E-state index in [1.165, 1.54) is 5.69 Å². The van der Waals surface area contributed by atoms with E-state index in [-0.39, 0.29) is 6.10 Å². The summed E-state index contributed by atoms with van der Waals surface area (Å²) in [5.41, 5.74) is 1.88. The van der Waals surface area contributed by atoms with Crippen molar-refractivity contribution in [2.75, 3.05) is 37.5 Å². The molecule has 1 heterocycles. The van der Waals surface area contributed by atoms with Gasteiger partial charge in [0, 0.05) is 43.5 Å². The molecule has 1 N–H and O–H groups in total. The van der Waals surface area contributed by atoms with Gasteiger partial charge in [-0.25, -0.2) is 0 Å². The van der Waals surface area contributed by atoms with E-state index in [4.69, 9.17) is 9.47 Å². The number of methoxy groups -OCH3 is 1. The minimum atomic E-state index is -0.0485. The number of thiophene rings is 1. The van der Waals surface area contributed by atoms with Gasteiger partial charge in [-0.05, 0) is 23.6 Å². The van der Waals surface area contributed by atoms with Crippen LogP contribution in [0.15, 0.2) is 41.1 Å². The molecule has 22 heavy (non-hydrogen) atoms. The zero-order valence-corrected chi connectivity index (χ0v) is 13.5. The van der Waals surface area contributed by atoms with E-state index in [1.54, 1.807) is 30.6 Å². The van der Waals surface area contributed by atoms with Crippen LogP contribution < -0.4 is 15.0 Å². The molecule has 0 spiro atoms. The summed E-state index contributed by atoms with van der Waals surface area (Å²) in [7, 11) is 3.71. The molecule has 0 saturated carbocycles. The van der Waals surface area contributed by atoms with Gasteiger partial charge in [0.25, 0.3) is 0 Å². The van der Waals surface area contributed by atoms with Gasteiger partial charge in [-0.15, -0.1) is 0 Å². The summed E-state index contributed by atoms with van der Waals surface area (Å²) in [6, 6.07) is 9.35. The van der Waals surface area contributed by atoms with Crippen LogP contribution in [0.1, 0.15) is 0 Å². The molecule has 6 heteroatoms. The molecule has 0 saturated heterocycles. The van der Waals surface area contributed by atoms with Crippen LogP contribution in [0.2, 0.25) is 0 Å². The molecule has 2 aromatic rings. The monoisotopic (exact) mass is 320 g/mol. The first-order chi connectivity index (χ1) is 10.7. The van der Waals surface area contributed by atoms with Crippen LogP contribution in [0, 0.1) is 0 Å². The van der Waals surface area contributed by atoms with Crippen LogP contribution in [0.5, 0.6) is 5.75 Å². The zero-order valence-electron chi connectivity index (χ0n) is 12.7. The second-order valence-electron chi connectivity index (χ2n) is 4.82. The van der Waals surface area contributed by atoms with Gasteiger partial charge in [-0.2, -0.15) is 11.3 Å². The lowest BCUT2D eigenvalue weighted by Gasteiger charge is -2.24. The maximum Gasteiger partial charge on any atom is 0.211 e. The van der Waals surface area contributed by atoms with Crippen molar-refractivity contribution in [3.63, 3.8) is 0 Å². The molecule has 1 aromatic heterocycles. The molecule has 0 radical (unpaired) electrons. The lowest BCUT2D eigenvalue weighted by atomic mass is 10.3. The van der Waals surface area contributed by atoms with Gasteiger partial charge < -0.3 is 19.7 Å². The Hall–Kier alpha value is -2.05. The highest BCUT2D eigenvalue weighted by atomic mass is 32.1. The van der Waals surface area contributed by atoms with E-state index >= 15 is 0 Å². The van der Waals surface area contributed by atoms with Crippen molar-refractivity contribution in [1.29, 1.82) is 0 Å². The van der Waals surface area contributed by atoms with E-state index in [1.807, 2.05) is 19.2 Å². The summed E-state index contributed by atoms with van der Waals surface area (Å²) in [5.74, 6) is 0.701. The number of amides is 1. The van der Waals surface area contributed by atoms with E-state index in [0.717, 1.165) is 6.54 Å². The molecule has 0 fully saturated rings. The third-order valence-electron chi connectivity index (χ3n) is 3.25. The molecule has 118 valence electrons. The summed E-state index contributed by atoms with van der Waals surface area (Å²) in [6.45, 7) is 1.18. The number of nitrogens with zero attached hydrogens (tertiary/aromatic N) is 1. The van der Waals surface area contributed by atoms with Crippen LogP contribution in [0.3, 0.4) is 0 Å². The lowest BCUT2D eigenvalue weighted by Crippen LogP contribution is -2.34. The van der Waals surface area contributed by atoms with Crippen molar-refractivity contribution in [3.8, 4) is 5.75 Å². The molecular weight excluding hydrogens is 300 g/mol. The lowest BCUT2D eigenvalue weighted by molar-refractivity contribution is -0.105. The molecule has 2 rings (SSSR count). The number of rotatable bonds is 9. The minimum absolute atomic E-state index is 0.0485. The Kier molecular flexibility index (Phi) is 6.24. The summed E-state index contributed by atoms with van der Waals surface area (Å²) in [6.07, 6.45) is 0.597. The Morgan fingerprint density at radius 2 is 2.27 bits per heavy atom. The number of nitrogens with one attached hydrogen (secondary N) is 1. The fourth-order valence-electron chi connectivity index (χ4n) is 2.01. The number of likely N-dealkylation sites (N-methyl/N-ethyl adjacent to an activating group) is 1. The molecule has 0 aliphatic carbocycles. The predicted octanol–water partition coefficient (Wildman–Crippen LogP) is 2.85. The Balaban J connectivity index is 1.88. The summed E-state index contributed by atoms with van der Waals surface area (Å²) in [5, 5.41) is 6.75. The van der Waals surface area contributed by atoms with Gasteiger partial charge in [0.1, 0.15) is 18.5 Å². The fourth-order valence-corrected chi connectivity index (χ4v) is 2.71. The number of carbonyl (C=O) groups is 1. The molecule has 1 amide bonds. The summed E-state index contributed by atoms with van der Waals surface area (Å²) < 4.78 is 11.2. The highest BCUT2D eigenvalue weighted by Crippen LogP contribution is 2.19. The highest BCUT2D eigenvalue weighted by molar-refractivity contribution is 7.08. The third-order valence-corrected chi connectivity index (χ3v) is 3.92. The molecule has 1 aromatic carbocycles. The Bertz CT molecular complexity index is 575. The minimum Gasteiger partial charge on any atom is -0.491 e. The number of hydrogen-bond donors (Lipinski definition) is 1. The van der Waals surface area contributed by atoms with Crippen molar-refractivity contribution >= 4 is 29.1 Å². The SMILES string of the molecule is COC(COc1cccc(NC=O)c1)CN(C)c1ccsc1. The fraction of sp³-hybridized carbons (Fsp3) is 0.312. The van der Waals surface area contributed by atoms with Crippen molar-refractivity contribution in [2.45, 2.75) is 6.10 Å². The topological polar surface area (TPSA) is 50.8 Å². The van der Waals surface area contributed by atoms with Crippen LogP contribution in [0.4, 0.5) is 11.4 Å². The Morgan fingerprint density at radius 3 is 2.95 bits per heavy atom. The van der Waals surface area contributed by atoms with E-state index < -0.39 is 0 Å². The average Bonchev–Trinajstić information content (AvgIpc) is 3.06. The van der Waals surface area contributed by atoms with Gasteiger partial charge in [-0.3, -0.25) is 4.79 Å². The largest absolute Gasteiger partial charge is 0.491 e. The molecule has 5 nitrogen and oxygen atoms in total. The quantitative estimate of drug-likeness (QED) is 0.722. The number of benzene rings is 1. The van der Waals surface area contributed by atoms with E-state index in [2.05, 4.69) is 27.0 Å². The second-order valence-corrected chi connectivity index (χ2v) is 5.60. The Labute approximate surface area is 134 Å². The van der Waals surface area contributed by atoms with Crippen molar-refractivity contribution in [2.24, 2.45) is 0 Å². The maximum absolute atomic E-state index is 10.5. The van der Waals surface area contributed by atoms with Gasteiger partial charge in [0.15, 0.2) is 0 Å². The number of ether oxygens (including phenoxy) is 2. The van der Waals surface area contributed by atoms with Gasteiger partial charge >= 0.3 is 0 Å². The smallest absolute Gasteiger partial charge is 0.211 e. The second kappa shape index (κ2) is 8.41. The molecule has 0 aliphatic heterocycles. The first-order valence-electron chi connectivity index (χ1n) is 6.92. The average molecular weight is 320 g/mol. The standard InChI is InChI=1S/C16H20N2O3S/c1-18(14-6-7-22-11-14)9-16(20-2)10-21-15-5-3-4-13(8-15)17-12-19/h3-8,11-12,16H,9-10H2,1-2H3,(H,17,19). The summed E-state index contributed by atoms with van der Waals surface area (Å²) >= 11 is 1.67. The Morgan fingerprint density at radius 1 is 1.41 bits per heavy atom. The number of carbonyl (C=O) groups excluding carboxylic acids is 1. The van der Waals surface area contributed by atoms with E-state index in [9.17, 15) is 4.79 Å². The predicted molar refractivity (Wildman–Crippen MR) is 90.0 cm³/mol. The van der Waals surface area contributed by atoms with E-state index in [0.29, 0.717) is 24.5 Å². The molecule has 0 bridgehead atoms. The van der Waals surface area contributed by atoms with Crippen LogP contribution in [-0.2, 0) is 9.53 Å². The normalized spacial score (nSPS) is 11.7. The molecule has 1 atom stereocenters. The first kappa shape index (κ1) is 16.3. The molecule has 0 aliphatic rings. The zero-order chi connectivity index (χ0) is 15.8. The van der Waals surface area contributed by atoms with Crippen molar-refractivity contribution in [1.82, 2.24) is 0 Å². The first-order valence-corrected chi connectivity index (χ1v) is 7.86. The maximum atomic E-state index is 10.5. The highest BCUT2D eigenvalue weighted by Gasteiger charge is 2.13. The van der Waals surface area contributed by atoms with Crippen molar-refractivity contribution < 1.29 is 14.3 Å². The number of anilines is 2. The third kappa shape index (κ3) is 4.75. The van der Waals surface area contributed by atoms with Crippen LogP contribution in [0.25, 0.3) is 0 Å². The molecule has 1 unspecified atom stereocenters. The van der Waals surface area contributed by atoms with Gasteiger partial charge in [0.2, 0.25) is 6.41 Å². The summed E-state index contributed by atoms with van der Waals surface area (Å²) in [4.78, 5) is 12.6. The van der Waals surface area contributed by atoms with Gasteiger partial charge in [0.05, 0.1) is 0 Å². The molecular formula is C16H20N2O3S. The van der Waals surface area contributed by atoms with Crippen molar-refractivity contribution in [3.05, 3.63) is 41.1 Å². The van der Waals surface area contributed by atoms with Crippen LogP contribution in [-0.4, -0.2) is 39.8 Å².